The predicted molar refractivity (Wildman–Crippen MR) is 70.1 cm³/mol. The largest absolute Gasteiger partial charge is 0.465 e. The molecular formula is C14H21NO3. The molecule has 18 heavy (non-hydrogen) atoms. The van der Waals surface area contributed by atoms with Gasteiger partial charge in [0, 0.05) is 0 Å². The molecule has 0 aliphatic heterocycles. The molecule has 1 aromatic carbocycles. The number of hydrogen-bond donors (Lipinski definition) is 2. The highest BCUT2D eigenvalue weighted by atomic mass is 16.5. The van der Waals surface area contributed by atoms with Crippen LogP contribution in [0.2, 0.25) is 0 Å². The Morgan fingerprint density at radius 3 is 2.61 bits per heavy atom. The van der Waals surface area contributed by atoms with E-state index in [1.807, 2.05) is 30.3 Å². The summed E-state index contributed by atoms with van der Waals surface area (Å²) in [5.41, 5.74) is 0.876. The Balaban J connectivity index is 2.66. The van der Waals surface area contributed by atoms with Crippen LogP contribution < -0.4 is 5.32 Å². The van der Waals surface area contributed by atoms with Crippen molar-refractivity contribution in [2.45, 2.75) is 32.4 Å². The Morgan fingerprint density at radius 1 is 1.39 bits per heavy atom. The zero-order valence-corrected chi connectivity index (χ0v) is 10.9. The number of rotatable bonds is 7. The van der Waals surface area contributed by atoms with E-state index in [9.17, 15) is 9.90 Å². The van der Waals surface area contributed by atoms with Gasteiger partial charge in [0.1, 0.15) is 6.04 Å². The fraction of sp³-hybridized carbons (Fsp3) is 0.500. The smallest absolute Gasteiger partial charge is 0.327 e. The Hall–Kier alpha value is -1.39. The molecule has 1 rings (SSSR count). The van der Waals surface area contributed by atoms with Crippen LogP contribution in [-0.2, 0) is 9.53 Å². The molecule has 4 heteroatoms. The summed E-state index contributed by atoms with van der Waals surface area (Å²) in [5.74, 6) is -0.283. The van der Waals surface area contributed by atoms with Crippen LogP contribution >= 0.6 is 0 Å². The molecule has 0 amide bonds. The zero-order chi connectivity index (χ0) is 13.4. The number of aliphatic hydroxyl groups is 1. The topological polar surface area (TPSA) is 58.6 Å². The maximum absolute atomic E-state index is 11.9. The van der Waals surface area contributed by atoms with Crippen LogP contribution in [0.5, 0.6) is 0 Å². The summed E-state index contributed by atoms with van der Waals surface area (Å²) in [6.07, 6.45) is 0.221. The van der Waals surface area contributed by atoms with Crippen LogP contribution in [0.15, 0.2) is 30.3 Å². The summed E-state index contributed by atoms with van der Waals surface area (Å²) < 4.78 is 5.05. The molecule has 0 aliphatic rings. The third kappa shape index (κ3) is 4.85. The van der Waals surface area contributed by atoms with Crippen LogP contribution in [0.4, 0.5) is 0 Å². The summed E-state index contributed by atoms with van der Waals surface area (Å²) >= 11 is 0. The molecule has 0 spiro atoms. The number of nitrogens with one attached hydrogen (secondary N) is 1. The first-order valence-corrected chi connectivity index (χ1v) is 6.28. The number of benzene rings is 1. The molecule has 100 valence electrons. The number of hydrogen-bond acceptors (Lipinski definition) is 4. The van der Waals surface area contributed by atoms with E-state index in [0.29, 0.717) is 19.6 Å². The van der Waals surface area contributed by atoms with E-state index in [-0.39, 0.29) is 12.1 Å². The van der Waals surface area contributed by atoms with Gasteiger partial charge in [-0.3, -0.25) is 0 Å². The van der Waals surface area contributed by atoms with Crippen molar-refractivity contribution in [3.63, 3.8) is 0 Å². The lowest BCUT2D eigenvalue weighted by atomic mass is 10.1. The molecule has 0 saturated carbocycles. The molecule has 2 atom stereocenters. The molecule has 0 aromatic heterocycles. The van der Waals surface area contributed by atoms with Crippen LogP contribution in [0, 0.1) is 0 Å². The van der Waals surface area contributed by atoms with Crippen molar-refractivity contribution in [2.24, 2.45) is 0 Å². The number of carbonyl (C=O) groups is 1. The van der Waals surface area contributed by atoms with Gasteiger partial charge in [0.25, 0.3) is 0 Å². The highest BCUT2D eigenvalue weighted by molar-refractivity contribution is 5.77. The van der Waals surface area contributed by atoms with Crippen molar-refractivity contribution in [3.05, 3.63) is 35.9 Å². The zero-order valence-electron chi connectivity index (χ0n) is 10.9. The predicted octanol–water partition coefficient (Wildman–Crippen LogP) is 1.65. The number of aliphatic hydroxyl groups excluding tert-OH is 1. The van der Waals surface area contributed by atoms with Crippen LogP contribution in [-0.4, -0.2) is 30.3 Å². The van der Waals surface area contributed by atoms with Gasteiger partial charge in [-0.2, -0.15) is 0 Å². The molecule has 0 radical (unpaired) electrons. The number of ether oxygens (including phenoxy) is 1. The SMILES string of the molecule is CCOC(=O)C(NCCC(C)O)c1ccccc1. The molecule has 1 aromatic rings. The Labute approximate surface area is 108 Å². The summed E-state index contributed by atoms with van der Waals surface area (Å²) in [7, 11) is 0. The van der Waals surface area contributed by atoms with E-state index in [4.69, 9.17) is 4.74 Å². The second-order valence-corrected chi connectivity index (χ2v) is 4.19. The van der Waals surface area contributed by atoms with Crippen LogP contribution in [0.1, 0.15) is 31.9 Å². The summed E-state index contributed by atoms with van der Waals surface area (Å²) in [5, 5.41) is 12.3. The first kappa shape index (κ1) is 14.7. The van der Waals surface area contributed by atoms with Gasteiger partial charge >= 0.3 is 5.97 Å². The maximum atomic E-state index is 11.9. The van der Waals surface area contributed by atoms with Gasteiger partial charge in [0.05, 0.1) is 12.7 Å². The summed E-state index contributed by atoms with van der Waals surface area (Å²) in [6.45, 7) is 4.44. The Morgan fingerprint density at radius 2 is 2.06 bits per heavy atom. The molecule has 0 fully saturated rings. The fourth-order valence-corrected chi connectivity index (χ4v) is 1.64. The van der Waals surface area contributed by atoms with Gasteiger partial charge in [0.15, 0.2) is 0 Å². The van der Waals surface area contributed by atoms with E-state index in [2.05, 4.69) is 5.32 Å². The van der Waals surface area contributed by atoms with E-state index in [1.165, 1.54) is 0 Å². The van der Waals surface area contributed by atoms with Crippen molar-refractivity contribution >= 4 is 5.97 Å². The maximum Gasteiger partial charge on any atom is 0.327 e. The molecule has 4 nitrogen and oxygen atoms in total. The first-order valence-electron chi connectivity index (χ1n) is 6.28. The monoisotopic (exact) mass is 251 g/mol. The van der Waals surface area contributed by atoms with Gasteiger partial charge in [-0.1, -0.05) is 30.3 Å². The quantitative estimate of drug-likeness (QED) is 0.723. The standard InChI is InChI=1S/C14H21NO3/c1-3-18-14(17)13(15-10-9-11(2)16)12-7-5-4-6-8-12/h4-8,11,13,15-16H,3,9-10H2,1-2H3. The molecule has 2 unspecified atom stereocenters. The van der Waals surface area contributed by atoms with Crippen molar-refractivity contribution in [1.29, 1.82) is 0 Å². The molecular weight excluding hydrogens is 230 g/mol. The van der Waals surface area contributed by atoms with E-state index in [1.54, 1.807) is 13.8 Å². The third-order valence-corrected chi connectivity index (χ3v) is 2.57. The Kier molecular flexibility index (Phi) is 6.39. The normalized spacial score (nSPS) is 13.9. The molecule has 0 bridgehead atoms. The minimum atomic E-state index is -0.468. The highest BCUT2D eigenvalue weighted by Gasteiger charge is 2.20. The van der Waals surface area contributed by atoms with Gasteiger partial charge in [-0.25, -0.2) is 4.79 Å². The summed E-state index contributed by atoms with van der Waals surface area (Å²) in [4.78, 5) is 11.9. The van der Waals surface area contributed by atoms with Crippen molar-refractivity contribution in [3.8, 4) is 0 Å². The van der Waals surface area contributed by atoms with Crippen molar-refractivity contribution < 1.29 is 14.6 Å². The average molecular weight is 251 g/mol. The van der Waals surface area contributed by atoms with Crippen LogP contribution in [0.3, 0.4) is 0 Å². The number of carbonyl (C=O) groups excluding carboxylic acids is 1. The molecule has 0 aliphatic carbocycles. The third-order valence-electron chi connectivity index (χ3n) is 2.57. The van der Waals surface area contributed by atoms with Crippen LogP contribution in [0.25, 0.3) is 0 Å². The molecule has 0 heterocycles. The number of esters is 1. The van der Waals surface area contributed by atoms with Gasteiger partial charge < -0.3 is 15.2 Å². The lowest BCUT2D eigenvalue weighted by Gasteiger charge is -2.18. The van der Waals surface area contributed by atoms with E-state index < -0.39 is 6.04 Å². The van der Waals surface area contributed by atoms with E-state index in [0.717, 1.165) is 5.56 Å². The minimum Gasteiger partial charge on any atom is -0.465 e. The second kappa shape index (κ2) is 7.84. The Bertz CT molecular complexity index is 351. The average Bonchev–Trinajstić information content (AvgIpc) is 2.35. The van der Waals surface area contributed by atoms with Crippen molar-refractivity contribution in [1.82, 2.24) is 5.32 Å². The van der Waals surface area contributed by atoms with Gasteiger partial charge in [-0.15, -0.1) is 0 Å². The lowest BCUT2D eigenvalue weighted by Crippen LogP contribution is -2.32. The van der Waals surface area contributed by atoms with Gasteiger partial charge in [0.2, 0.25) is 0 Å². The van der Waals surface area contributed by atoms with Crippen molar-refractivity contribution in [2.75, 3.05) is 13.2 Å². The van der Waals surface area contributed by atoms with E-state index >= 15 is 0 Å². The van der Waals surface area contributed by atoms with Gasteiger partial charge in [-0.05, 0) is 32.4 Å². The lowest BCUT2D eigenvalue weighted by molar-refractivity contribution is -0.145. The second-order valence-electron chi connectivity index (χ2n) is 4.19. The fourth-order valence-electron chi connectivity index (χ4n) is 1.64. The summed E-state index contributed by atoms with van der Waals surface area (Å²) in [6, 6.07) is 8.98. The highest BCUT2D eigenvalue weighted by Crippen LogP contribution is 2.14. The minimum absolute atomic E-state index is 0.283. The first-order chi connectivity index (χ1) is 8.65. The molecule has 2 N–H and O–H groups in total. The molecule has 0 saturated heterocycles.